The summed E-state index contributed by atoms with van der Waals surface area (Å²) in [7, 11) is 0. The smallest absolute Gasteiger partial charge is 0.343 e. The van der Waals surface area contributed by atoms with Crippen molar-refractivity contribution in [3.05, 3.63) is 29.2 Å². The van der Waals surface area contributed by atoms with E-state index in [4.69, 9.17) is 16.3 Å². The van der Waals surface area contributed by atoms with Crippen LogP contribution in [0.3, 0.4) is 0 Å². The average molecular weight is 253 g/mol. The minimum atomic E-state index is -0.547. The zero-order valence-electron chi connectivity index (χ0n) is 8.98. The van der Waals surface area contributed by atoms with Crippen molar-refractivity contribution >= 4 is 17.6 Å². The largest absolute Gasteiger partial charge is 0.462 e. The van der Waals surface area contributed by atoms with Crippen LogP contribution in [0.1, 0.15) is 17.3 Å². The summed E-state index contributed by atoms with van der Waals surface area (Å²) in [6.45, 7) is 1.97. The van der Waals surface area contributed by atoms with E-state index < -0.39 is 5.97 Å². The van der Waals surface area contributed by atoms with Crippen molar-refractivity contribution in [3.8, 4) is 11.5 Å². The van der Waals surface area contributed by atoms with E-state index in [1.54, 1.807) is 25.4 Å². The molecule has 7 heteroatoms. The number of carbonyl (C=O) groups is 1. The van der Waals surface area contributed by atoms with Crippen molar-refractivity contribution in [2.75, 3.05) is 6.61 Å². The number of H-pyrrole nitrogens is 1. The van der Waals surface area contributed by atoms with Crippen LogP contribution < -0.4 is 0 Å². The molecule has 17 heavy (non-hydrogen) atoms. The van der Waals surface area contributed by atoms with E-state index in [0.717, 1.165) is 0 Å². The molecule has 6 nitrogen and oxygen atoms in total. The molecule has 88 valence electrons. The molecule has 2 aromatic heterocycles. The maximum absolute atomic E-state index is 11.7. The third-order valence-electron chi connectivity index (χ3n) is 1.98. The fraction of sp³-hybridized carbons (Fsp3) is 0.200. The molecule has 0 saturated carbocycles. The number of hydrogen-bond acceptors (Lipinski definition) is 5. The lowest BCUT2D eigenvalue weighted by Crippen LogP contribution is -2.06. The topological polar surface area (TPSA) is 80.8 Å². The maximum Gasteiger partial charge on any atom is 0.343 e. The molecule has 0 aliphatic rings. The number of aromatic amines is 1. The first-order chi connectivity index (χ1) is 8.24. The lowest BCUT2D eigenvalue weighted by atomic mass is 10.2. The Bertz CT molecular complexity index is 526. The Morgan fingerprint density at radius 3 is 2.82 bits per heavy atom. The molecular formula is C10H9ClN4O2. The van der Waals surface area contributed by atoms with Crippen LogP contribution in [0.15, 0.2) is 18.5 Å². The predicted molar refractivity (Wildman–Crippen MR) is 60.6 cm³/mol. The third kappa shape index (κ3) is 2.26. The summed E-state index contributed by atoms with van der Waals surface area (Å²) >= 11 is 5.85. The standard InChI is InChI=1S/C10H9ClN4O2/c1-2-17-10(16)6-7(14-15-8(6)11)9-12-4-3-5-13-9/h3-5H,2H2,1H3,(H,14,15). The molecule has 0 bridgehead atoms. The lowest BCUT2D eigenvalue weighted by Gasteiger charge is -2.01. The number of nitrogens with zero attached hydrogens (tertiary/aromatic N) is 3. The van der Waals surface area contributed by atoms with Gasteiger partial charge in [-0.05, 0) is 13.0 Å². The summed E-state index contributed by atoms with van der Waals surface area (Å²) in [5.74, 6) is -0.229. The summed E-state index contributed by atoms with van der Waals surface area (Å²) < 4.78 is 4.89. The van der Waals surface area contributed by atoms with Crippen LogP contribution in [-0.2, 0) is 4.74 Å². The molecule has 0 atom stereocenters. The molecule has 2 rings (SSSR count). The van der Waals surface area contributed by atoms with E-state index in [1.165, 1.54) is 0 Å². The molecular weight excluding hydrogens is 244 g/mol. The molecule has 2 aromatic rings. The minimum absolute atomic E-state index is 0.117. The van der Waals surface area contributed by atoms with Gasteiger partial charge in [0.05, 0.1) is 6.61 Å². The highest BCUT2D eigenvalue weighted by atomic mass is 35.5. The van der Waals surface area contributed by atoms with E-state index in [1.807, 2.05) is 0 Å². The molecule has 0 amide bonds. The first-order valence-corrected chi connectivity index (χ1v) is 5.30. The molecule has 1 N–H and O–H groups in total. The van der Waals surface area contributed by atoms with E-state index in [9.17, 15) is 4.79 Å². The van der Waals surface area contributed by atoms with Crippen LogP contribution in [0.25, 0.3) is 11.5 Å². The number of carbonyl (C=O) groups excluding carboxylic acids is 1. The highest BCUT2D eigenvalue weighted by Crippen LogP contribution is 2.24. The molecule has 0 aromatic carbocycles. The van der Waals surface area contributed by atoms with Crippen LogP contribution in [0.5, 0.6) is 0 Å². The second-order valence-corrected chi connectivity index (χ2v) is 3.43. The van der Waals surface area contributed by atoms with E-state index >= 15 is 0 Å². The number of ether oxygens (including phenoxy) is 1. The highest BCUT2D eigenvalue weighted by Gasteiger charge is 2.23. The summed E-state index contributed by atoms with van der Waals surface area (Å²) in [5.41, 5.74) is 0.439. The Balaban J connectivity index is 2.46. The van der Waals surface area contributed by atoms with Crippen molar-refractivity contribution in [3.63, 3.8) is 0 Å². The summed E-state index contributed by atoms with van der Waals surface area (Å²) in [6.07, 6.45) is 3.11. The second kappa shape index (κ2) is 4.92. The zero-order chi connectivity index (χ0) is 12.3. The van der Waals surface area contributed by atoms with E-state index in [-0.39, 0.29) is 23.0 Å². The van der Waals surface area contributed by atoms with Gasteiger partial charge < -0.3 is 4.74 Å². The van der Waals surface area contributed by atoms with Crippen molar-refractivity contribution in [1.29, 1.82) is 0 Å². The van der Waals surface area contributed by atoms with Crippen molar-refractivity contribution in [2.24, 2.45) is 0 Å². The van der Waals surface area contributed by atoms with Gasteiger partial charge in [-0.15, -0.1) is 0 Å². The van der Waals surface area contributed by atoms with Gasteiger partial charge in [-0.25, -0.2) is 14.8 Å². The Morgan fingerprint density at radius 2 is 2.18 bits per heavy atom. The van der Waals surface area contributed by atoms with Gasteiger partial charge in [0.2, 0.25) is 0 Å². The van der Waals surface area contributed by atoms with Crippen LogP contribution in [0.4, 0.5) is 0 Å². The lowest BCUT2D eigenvalue weighted by molar-refractivity contribution is 0.0527. The van der Waals surface area contributed by atoms with Gasteiger partial charge in [0, 0.05) is 12.4 Å². The number of esters is 1. The summed E-state index contributed by atoms with van der Waals surface area (Å²) in [4.78, 5) is 19.7. The highest BCUT2D eigenvalue weighted by molar-refractivity contribution is 6.33. The number of halogens is 1. The van der Waals surface area contributed by atoms with Crippen molar-refractivity contribution in [1.82, 2.24) is 20.2 Å². The molecule has 0 radical (unpaired) electrons. The second-order valence-electron chi connectivity index (χ2n) is 3.05. The van der Waals surface area contributed by atoms with Crippen LogP contribution in [-0.4, -0.2) is 32.7 Å². The fourth-order valence-corrected chi connectivity index (χ4v) is 1.50. The van der Waals surface area contributed by atoms with E-state index in [0.29, 0.717) is 5.82 Å². The maximum atomic E-state index is 11.7. The molecule has 0 saturated heterocycles. The monoisotopic (exact) mass is 252 g/mol. The van der Waals surface area contributed by atoms with Crippen LogP contribution >= 0.6 is 11.6 Å². The molecule has 0 aliphatic carbocycles. The van der Waals surface area contributed by atoms with Gasteiger partial charge in [-0.2, -0.15) is 5.10 Å². The van der Waals surface area contributed by atoms with Crippen molar-refractivity contribution < 1.29 is 9.53 Å². The number of hydrogen-bond donors (Lipinski definition) is 1. The quantitative estimate of drug-likeness (QED) is 0.841. The molecule has 0 unspecified atom stereocenters. The molecule has 0 aliphatic heterocycles. The Kier molecular flexibility index (Phi) is 3.34. The summed E-state index contributed by atoms with van der Waals surface area (Å²) in [6, 6.07) is 1.67. The number of rotatable bonds is 3. The Hall–Kier alpha value is -1.95. The summed E-state index contributed by atoms with van der Waals surface area (Å²) in [5, 5.41) is 6.53. The third-order valence-corrected chi connectivity index (χ3v) is 2.25. The van der Waals surface area contributed by atoms with Gasteiger partial charge in [0.1, 0.15) is 16.4 Å². The Labute approximate surface area is 102 Å². The van der Waals surface area contributed by atoms with Gasteiger partial charge in [0.15, 0.2) is 5.82 Å². The SMILES string of the molecule is CCOC(=O)c1c(-c2ncccn2)n[nH]c1Cl. The van der Waals surface area contributed by atoms with Gasteiger partial charge >= 0.3 is 5.97 Å². The zero-order valence-corrected chi connectivity index (χ0v) is 9.73. The van der Waals surface area contributed by atoms with Gasteiger partial charge in [0.25, 0.3) is 0 Å². The van der Waals surface area contributed by atoms with Gasteiger partial charge in [-0.3, -0.25) is 5.10 Å². The average Bonchev–Trinajstić information content (AvgIpc) is 2.73. The van der Waals surface area contributed by atoms with Crippen molar-refractivity contribution in [2.45, 2.75) is 6.92 Å². The number of nitrogens with one attached hydrogen (secondary N) is 1. The predicted octanol–water partition coefficient (Wildman–Crippen LogP) is 1.70. The van der Waals surface area contributed by atoms with Crippen LogP contribution in [0.2, 0.25) is 5.15 Å². The molecule has 0 fully saturated rings. The minimum Gasteiger partial charge on any atom is -0.462 e. The molecule has 2 heterocycles. The van der Waals surface area contributed by atoms with Crippen LogP contribution in [0, 0.1) is 0 Å². The normalized spacial score (nSPS) is 10.2. The first kappa shape index (κ1) is 11.5. The fourth-order valence-electron chi connectivity index (χ4n) is 1.29. The number of aromatic nitrogens is 4. The van der Waals surface area contributed by atoms with E-state index in [2.05, 4.69) is 20.2 Å². The molecule has 0 spiro atoms. The first-order valence-electron chi connectivity index (χ1n) is 4.92. The van der Waals surface area contributed by atoms with Gasteiger partial charge in [-0.1, -0.05) is 11.6 Å². The Morgan fingerprint density at radius 1 is 1.47 bits per heavy atom.